The van der Waals surface area contributed by atoms with Crippen LogP contribution in [0.25, 0.3) is 6.08 Å². The summed E-state index contributed by atoms with van der Waals surface area (Å²) in [6, 6.07) is 7.37. The van der Waals surface area contributed by atoms with Gasteiger partial charge in [-0.05, 0) is 30.5 Å². The molecular weight excluding hydrogens is 268 g/mol. The molecule has 86 valence electrons. The zero-order chi connectivity index (χ0) is 11.8. The molecule has 0 N–H and O–H groups in total. The minimum Gasteiger partial charge on any atom is -0.465 e. The quantitative estimate of drug-likeness (QED) is 0.468. The molecule has 0 radical (unpaired) electrons. The summed E-state index contributed by atoms with van der Waals surface area (Å²) in [6.07, 6.45) is 6.39. The van der Waals surface area contributed by atoms with E-state index in [0.717, 1.165) is 23.7 Å². The van der Waals surface area contributed by atoms with Gasteiger partial charge in [-0.15, -0.1) is 0 Å². The third-order valence-corrected chi connectivity index (χ3v) is 2.71. The molecule has 0 atom stereocenters. The molecule has 1 aromatic carbocycles. The number of halogens is 1. The van der Waals surface area contributed by atoms with Crippen molar-refractivity contribution in [2.75, 3.05) is 12.4 Å². The van der Waals surface area contributed by atoms with Crippen LogP contribution in [0.3, 0.4) is 0 Å². The van der Waals surface area contributed by atoms with E-state index in [1.165, 1.54) is 7.11 Å². The number of rotatable bonds is 5. The molecule has 16 heavy (non-hydrogen) atoms. The fourth-order valence-electron chi connectivity index (χ4n) is 1.26. The van der Waals surface area contributed by atoms with Gasteiger partial charge in [0.25, 0.3) is 0 Å². The van der Waals surface area contributed by atoms with Crippen molar-refractivity contribution in [3.05, 3.63) is 41.5 Å². The van der Waals surface area contributed by atoms with E-state index in [1.54, 1.807) is 12.1 Å². The number of hydrogen-bond donors (Lipinski definition) is 0. The predicted octanol–water partition coefficient (Wildman–Crippen LogP) is 3.66. The van der Waals surface area contributed by atoms with Crippen molar-refractivity contribution >= 4 is 28.0 Å². The minimum atomic E-state index is -0.296. The molecule has 0 aliphatic rings. The number of ether oxygens (including phenoxy) is 1. The molecule has 2 nitrogen and oxygen atoms in total. The first-order valence-corrected chi connectivity index (χ1v) is 6.31. The second-order valence-electron chi connectivity index (χ2n) is 3.35. The maximum absolute atomic E-state index is 11.2. The third kappa shape index (κ3) is 4.19. The first-order chi connectivity index (χ1) is 7.77. The van der Waals surface area contributed by atoms with Crippen LogP contribution in [-0.2, 0) is 4.74 Å². The van der Waals surface area contributed by atoms with Crippen molar-refractivity contribution in [3.63, 3.8) is 0 Å². The summed E-state index contributed by atoms with van der Waals surface area (Å²) in [6.45, 7) is 0. The number of carbonyl (C=O) groups excluding carboxylic acids is 1. The van der Waals surface area contributed by atoms with Crippen molar-refractivity contribution in [2.45, 2.75) is 12.8 Å². The summed E-state index contributed by atoms with van der Waals surface area (Å²) in [5.74, 6) is -0.296. The molecule has 0 aliphatic carbocycles. The number of unbranched alkanes of at least 4 members (excludes halogenated alkanes) is 1. The lowest BCUT2D eigenvalue weighted by atomic mass is 10.1. The van der Waals surface area contributed by atoms with Crippen LogP contribution in [0.4, 0.5) is 0 Å². The second kappa shape index (κ2) is 7.23. The average molecular weight is 283 g/mol. The number of allylic oxidation sites excluding steroid dienone is 1. The maximum Gasteiger partial charge on any atom is 0.337 e. The summed E-state index contributed by atoms with van der Waals surface area (Å²) in [7, 11) is 1.39. The minimum absolute atomic E-state index is 0.296. The molecule has 1 aromatic rings. The highest BCUT2D eigenvalue weighted by atomic mass is 79.9. The molecule has 0 aliphatic heterocycles. The van der Waals surface area contributed by atoms with Gasteiger partial charge in [0.1, 0.15) is 0 Å². The number of esters is 1. The van der Waals surface area contributed by atoms with Crippen molar-refractivity contribution in [1.29, 1.82) is 0 Å². The van der Waals surface area contributed by atoms with Gasteiger partial charge in [0.15, 0.2) is 0 Å². The highest BCUT2D eigenvalue weighted by Gasteiger charge is 2.02. The Balaban J connectivity index is 2.57. The Morgan fingerprint density at radius 2 is 2.06 bits per heavy atom. The predicted molar refractivity (Wildman–Crippen MR) is 69.8 cm³/mol. The normalized spacial score (nSPS) is 10.6. The third-order valence-electron chi connectivity index (χ3n) is 2.15. The van der Waals surface area contributed by atoms with E-state index < -0.39 is 0 Å². The van der Waals surface area contributed by atoms with Crippen LogP contribution in [-0.4, -0.2) is 18.4 Å². The second-order valence-corrected chi connectivity index (χ2v) is 4.14. The smallest absolute Gasteiger partial charge is 0.337 e. The standard InChI is InChI=1S/C13H15BrO2/c1-16-13(15)12-8-6-11(7-9-12)5-3-2-4-10-14/h3,5-9H,2,4,10H2,1H3. The van der Waals surface area contributed by atoms with Gasteiger partial charge in [-0.1, -0.05) is 40.2 Å². The highest BCUT2D eigenvalue weighted by Crippen LogP contribution is 2.08. The van der Waals surface area contributed by atoms with Crippen LogP contribution >= 0.6 is 15.9 Å². The molecule has 3 heteroatoms. The van der Waals surface area contributed by atoms with Crippen LogP contribution in [0.1, 0.15) is 28.8 Å². The summed E-state index contributed by atoms with van der Waals surface area (Å²) in [4.78, 5) is 11.2. The first kappa shape index (κ1) is 13.0. The lowest BCUT2D eigenvalue weighted by Gasteiger charge is -1.99. The Morgan fingerprint density at radius 3 is 2.62 bits per heavy atom. The Bertz CT molecular complexity index is 355. The summed E-state index contributed by atoms with van der Waals surface area (Å²) in [5.41, 5.74) is 1.68. The van der Waals surface area contributed by atoms with Crippen LogP contribution in [0, 0.1) is 0 Å². The van der Waals surface area contributed by atoms with Gasteiger partial charge in [-0.25, -0.2) is 4.79 Å². The Hall–Kier alpha value is -1.09. The number of hydrogen-bond acceptors (Lipinski definition) is 2. The molecule has 0 spiro atoms. The monoisotopic (exact) mass is 282 g/mol. The van der Waals surface area contributed by atoms with Crippen molar-refractivity contribution < 1.29 is 9.53 Å². The van der Waals surface area contributed by atoms with E-state index in [2.05, 4.69) is 32.8 Å². The van der Waals surface area contributed by atoms with Gasteiger partial charge in [-0.2, -0.15) is 0 Å². The van der Waals surface area contributed by atoms with E-state index in [1.807, 2.05) is 12.1 Å². The average Bonchev–Trinajstić information content (AvgIpc) is 2.34. The van der Waals surface area contributed by atoms with E-state index in [9.17, 15) is 4.79 Å². The molecular formula is C13H15BrO2. The number of benzene rings is 1. The van der Waals surface area contributed by atoms with Gasteiger partial charge >= 0.3 is 5.97 Å². The zero-order valence-electron chi connectivity index (χ0n) is 9.28. The molecule has 0 saturated carbocycles. The van der Waals surface area contributed by atoms with Crippen LogP contribution in [0.15, 0.2) is 30.3 Å². The highest BCUT2D eigenvalue weighted by molar-refractivity contribution is 9.09. The fourth-order valence-corrected chi connectivity index (χ4v) is 1.59. The molecule has 0 saturated heterocycles. The summed E-state index contributed by atoms with van der Waals surface area (Å²) < 4.78 is 4.63. The van der Waals surface area contributed by atoms with Crippen molar-refractivity contribution in [1.82, 2.24) is 0 Å². The lowest BCUT2D eigenvalue weighted by Crippen LogP contribution is -2.00. The van der Waals surface area contributed by atoms with E-state index in [4.69, 9.17) is 0 Å². The molecule has 0 heterocycles. The molecule has 0 aromatic heterocycles. The SMILES string of the molecule is COC(=O)c1ccc(C=CCCCBr)cc1. The Kier molecular flexibility index (Phi) is 5.86. The van der Waals surface area contributed by atoms with Gasteiger partial charge in [0, 0.05) is 5.33 Å². The Morgan fingerprint density at radius 1 is 1.38 bits per heavy atom. The zero-order valence-corrected chi connectivity index (χ0v) is 10.9. The van der Waals surface area contributed by atoms with E-state index >= 15 is 0 Å². The van der Waals surface area contributed by atoms with E-state index in [0.29, 0.717) is 5.56 Å². The molecule has 0 bridgehead atoms. The lowest BCUT2D eigenvalue weighted by molar-refractivity contribution is 0.0601. The molecule has 1 rings (SSSR count). The summed E-state index contributed by atoms with van der Waals surface area (Å²) >= 11 is 3.38. The van der Waals surface area contributed by atoms with Crippen molar-refractivity contribution in [3.8, 4) is 0 Å². The molecule has 0 fully saturated rings. The molecule has 0 amide bonds. The van der Waals surface area contributed by atoms with Crippen molar-refractivity contribution in [2.24, 2.45) is 0 Å². The molecule has 0 unspecified atom stereocenters. The van der Waals surface area contributed by atoms with Gasteiger partial charge in [-0.3, -0.25) is 0 Å². The Labute approximate surface area is 104 Å². The number of carbonyl (C=O) groups is 1. The largest absolute Gasteiger partial charge is 0.465 e. The van der Waals surface area contributed by atoms with Gasteiger partial charge in [0.2, 0.25) is 0 Å². The van der Waals surface area contributed by atoms with Gasteiger partial charge in [0.05, 0.1) is 12.7 Å². The number of methoxy groups -OCH3 is 1. The first-order valence-electron chi connectivity index (χ1n) is 5.19. The van der Waals surface area contributed by atoms with Crippen LogP contribution < -0.4 is 0 Å². The van der Waals surface area contributed by atoms with Crippen LogP contribution in [0.2, 0.25) is 0 Å². The van der Waals surface area contributed by atoms with E-state index in [-0.39, 0.29) is 5.97 Å². The maximum atomic E-state index is 11.2. The fraction of sp³-hybridized carbons (Fsp3) is 0.308. The number of alkyl halides is 1. The van der Waals surface area contributed by atoms with Gasteiger partial charge < -0.3 is 4.74 Å². The summed E-state index contributed by atoms with van der Waals surface area (Å²) in [5, 5.41) is 1.03. The topological polar surface area (TPSA) is 26.3 Å². The van der Waals surface area contributed by atoms with Crippen LogP contribution in [0.5, 0.6) is 0 Å².